The van der Waals surface area contributed by atoms with Crippen molar-refractivity contribution in [2.45, 2.75) is 26.2 Å². The molecule has 0 heterocycles. The monoisotopic (exact) mass is 455 g/mol. The highest BCUT2D eigenvalue weighted by atomic mass is 16.6. The molecule has 33 heavy (non-hydrogen) atoms. The third-order valence-corrected chi connectivity index (χ3v) is 4.39. The van der Waals surface area contributed by atoms with Crippen molar-refractivity contribution in [3.63, 3.8) is 0 Å². The molecule has 0 aliphatic rings. The van der Waals surface area contributed by atoms with Crippen molar-refractivity contribution < 1.29 is 29.2 Å². The normalized spacial score (nSPS) is 10.9. The number of nitro groups is 1. The zero-order valence-electron chi connectivity index (χ0n) is 18.1. The van der Waals surface area contributed by atoms with Crippen molar-refractivity contribution in [3.05, 3.63) is 75.5 Å². The number of unbranched alkanes of at least 4 members (excludes halogenated alkanes) is 1. The quantitative estimate of drug-likeness (QED) is 0.193. The van der Waals surface area contributed by atoms with E-state index in [1.54, 1.807) is 24.3 Å². The van der Waals surface area contributed by atoms with Crippen LogP contribution in [-0.4, -0.2) is 41.0 Å². The number of non-ortho nitro benzene ring substituents is 1. The van der Waals surface area contributed by atoms with E-state index in [1.807, 2.05) is 6.92 Å². The first-order valence-electron chi connectivity index (χ1n) is 10.3. The molecule has 0 aliphatic carbocycles. The number of carbonyl (C=O) groups excluding carboxylic acids is 2. The second-order valence-corrected chi connectivity index (χ2v) is 6.99. The van der Waals surface area contributed by atoms with Gasteiger partial charge < -0.3 is 20.5 Å². The Morgan fingerprint density at radius 3 is 2.52 bits per heavy atom. The lowest BCUT2D eigenvalue weighted by Crippen LogP contribution is -2.35. The zero-order chi connectivity index (χ0) is 24.2. The van der Waals surface area contributed by atoms with E-state index in [1.165, 1.54) is 30.3 Å². The highest BCUT2D eigenvalue weighted by Gasteiger charge is 2.16. The molecule has 0 atom stereocenters. The van der Waals surface area contributed by atoms with Gasteiger partial charge in [0, 0.05) is 24.2 Å². The van der Waals surface area contributed by atoms with E-state index in [2.05, 4.69) is 10.6 Å². The lowest BCUT2D eigenvalue weighted by molar-refractivity contribution is -0.384. The van der Waals surface area contributed by atoms with Crippen LogP contribution in [0.3, 0.4) is 0 Å². The van der Waals surface area contributed by atoms with Crippen molar-refractivity contribution in [1.82, 2.24) is 10.6 Å². The number of ether oxygens (including phenoxy) is 1. The minimum atomic E-state index is -1.09. The second kappa shape index (κ2) is 12.6. The van der Waals surface area contributed by atoms with Crippen LogP contribution in [0.5, 0.6) is 5.75 Å². The average molecular weight is 455 g/mol. The average Bonchev–Trinajstić information content (AvgIpc) is 2.79. The van der Waals surface area contributed by atoms with Crippen molar-refractivity contribution in [2.24, 2.45) is 0 Å². The van der Waals surface area contributed by atoms with Crippen molar-refractivity contribution in [2.75, 3.05) is 13.2 Å². The molecular formula is C23H25N3O7. The fourth-order valence-electron chi connectivity index (χ4n) is 2.66. The number of amides is 2. The molecule has 0 radical (unpaired) electrons. The van der Waals surface area contributed by atoms with Gasteiger partial charge in [-0.2, -0.15) is 0 Å². The van der Waals surface area contributed by atoms with Crippen LogP contribution >= 0.6 is 0 Å². The Kier molecular flexibility index (Phi) is 9.56. The molecule has 0 fully saturated rings. The molecule has 0 bridgehead atoms. The summed E-state index contributed by atoms with van der Waals surface area (Å²) in [7, 11) is 0. The number of nitrogens with zero attached hydrogens (tertiary/aromatic N) is 1. The Hall–Kier alpha value is -4.21. The Balaban J connectivity index is 2.21. The number of carboxylic acids is 1. The van der Waals surface area contributed by atoms with Crippen LogP contribution in [0.4, 0.5) is 5.69 Å². The number of rotatable bonds is 12. The molecular weight excluding hydrogens is 430 g/mol. The minimum absolute atomic E-state index is 0.153. The SMILES string of the molecule is CCCCOc1ccc(C(=O)N/C(=C/c2cccc([N+](=O)[O-])c2)C(=O)NCCC(=O)O)cc1. The summed E-state index contributed by atoms with van der Waals surface area (Å²) in [5.74, 6) is -1.79. The standard InChI is InChI=1S/C23H25N3O7/c1-2-3-13-33-19-9-7-17(8-10-19)22(29)25-20(23(30)24-12-11-21(27)28)15-16-5-4-6-18(14-16)26(31)32/h4-10,14-15H,2-3,11-13H2,1H3,(H,24,30)(H,25,29)(H,27,28)/b20-15+. The Morgan fingerprint density at radius 2 is 1.88 bits per heavy atom. The van der Waals surface area contributed by atoms with E-state index < -0.39 is 22.7 Å². The molecule has 0 spiro atoms. The molecule has 2 amide bonds. The molecule has 2 rings (SSSR count). The minimum Gasteiger partial charge on any atom is -0.494 e. The predicted octanol–water partition coefficient (Wildman–Crippen LogP) is 3.14. The third-order valence-electron chi connectivity index (χ3n) is 4.39. The van der Waals surface area contributed by atoms with E-state index in [0.29, 0.717) is 17.9 Å². The summed E-state index contributed by atoms with van der Waals surface area (Å²) >= 11 is 0. The fraction of sp³-hybridized carbons (Fsp3) is 0.261. The molecule has 2 aromatic carbocycles. The van der Waals surface area contributed by atoms with E-state index in [0.717, 1.165) is 12.8 Å². The van der Waals surface area contributed by atoms with Gasteiger partial charge in [0.05, 0.1) is 18.0 Å². The molecule has 0 unspecified atom stereocenters. The zero-order valence-corrected chi connectivity index (χ0v) is 18.1. The lowest BCUT2D eigenvalue weighted by Gasteiger charge is -2.11. The van der Waals surface area contributed by atoms with Gasteiger partial charge in [-0.15, -0.1) is 0 Å². The van der Waals surface area contributed by atoms with Crippen molar-refractivity contribution in [3.8, 4) is 5.75 Å². The summed E-state index contributed by atoms with van der Waals surface area (Å²) in [5.41, 5.74) is 0.210. The number of hydrogen-bond acceptors (Lipinski definition) is 6. The van der Waals surface area contributed by atoms with Gasteiger partial charge in [0.2, 0.25) is 0 Å². The summed E-state index contributed by atoms with van der Waals surface area (Å²) in [5, 5.41) is 24.7. The maximum Gasteiger partial charge on any atom is 0.305 e. The van der Waals surface area contributed by atoms with Gasteiger partial charge in [0.15, 0.2) is 0 Å². The first kappa shape index (κ1) is 25.1. The van der Waals surface area contributed by atoms with E-state index in [-0.39, 0.29) is 29.9 Å². The predicted molar refractivity (Wildman–Crippen MR) is 121 cm³/mol. The molecule has 0 aliphatic heterocycles. The van der Waals surface area contributed by atoms with Crippen LogP contribution in [0.15, 0.2) is 54.2 Å². The highest BCUT2D eigenvalue weighted by Crippen LogP contribution is 2.16. The van der Waals surface area contributed by atoms with Crippen LogP contribution in [0.25, 0.3) is 6.08 Å². The lowest BCUT2D eigenvalue weighted by atomic mass is 10.1. The maximum absolute atomic E-state index is 12.7. The maximum atomic E-state index is 12.7. The summed E-state index contributed by atoms with van der Waals surface area (Å²) in [4.78, 5) is 46.4. The number of hydrogen-bond donors (Lipinski definition) is 3. The summed E-state index contributed by atoms with van der Waals surface area (Å²) < 4.78 is 5.56. The number of benzene rings is 2. The van der Waals surface area contributed by atoms with E-state index in [9.17, 15) is 24.5 Å². The Morgan fingerprint density at radius 1 is 1.15 bits per heavy atom. The molecule has 2 aromatic rings. The fourth-order valence-corrected chi connectivity index (χ4v) is 2.66. The van der Waals surface area contributed by atoms with Crippen molar-refractivity contribution >= 4 is 29.5 Å². The van der Waals surface area contributed by atoms with Crippen LogP contribution in [0.2, 0.25) is 0 Å². The third kappa shape index (κ3) is 8.44. The topological polar surface area (TPSA) is 148 Å². The van der Waals surface area contributed by atoms with Crippen LogP contribution in [0, 0.1) is 10.1 Å². The molecule has 10 nitrogen and oxygen atoms in total. The molecule has 0 aromatic heterocycles. The van der Waals surface area contributed by atoms with Gasteiger partial charge in [-0.3, -0.25) is 24.5 Å². The number of nitro benzene ring substituents is 1. The Bertz CT molecular complexity index is 1030. The smallest absolute Gasteiger partial charge is 0.305 e. The van der Waals surface area contributed by atoms with Gasteiger partial charge in [-0.25, -0.2) is 0 Å². The van der Waals surface area contributed by atoms with Gasteiger partial charge >= 0.3 is 5.97 Å². The van der Waals surface area contributed by atoms with Gasteiger partial charge in [0.25, 0.3) is 17.5 Å². The molecule has 0 saturated heterocycles. The highest BCUT2D eigenvalue weighted by molar-refractivity contribution is 6.05. The van der Waals surface area contributed by atoms with Gasteiger partial charge in [-0.1, -0.05) is 25.5 Å². The number of carbonyl (C=O) groups is 3. The van der Waals surface area contributed by atoms with Crippen LogP contribution < -0.4 is 15.4 Å². The van der Waals surface area contributed by atoms with Gasteiger partial charge in [-0.05, 0) is 42.3 Å². The molecule has 3 N–H and O–H groups in total. The largest absolute Gasteiger partial charge is 0.494 e. The van der Waals surface area contributed by atoms with E-state index >= 15 is 0 Å². The summed E-state index contributed by atoms with van der Waals surface area (Å²) in [6, 6.07) is 11.9. The van der Waals surface area contributed by atoms with Crippen molar-refractivity contribution in [1.29, 1.82) is 0 Å². The van der Waals surface area contributed by atoms with Crippen LogP contribution in [0.1, 0.15) is 42.1 Å². The first-order valence-corrected chi connectivity index (χ1v) is 10.3. The molecule has 174 valence electrons. The second-order valence-electron chi connectivity index (χ2n) is 6.99. The van der Waals surface area contributed by atoms with Crippen LogP contribution in [-0.2, 0) is 9.59 Å². The number of nitrogens with one attached hydrogen (secondary N) is 2. The molecule has 10 heteroatoms. The first-order chi connectivity index (χ1) is 15.8. The van der Waals surface area contributed by atoms with E-state index in [4.69, 9.17) is 9.84 Å². The van der Waals surface area contributed by atoms with Gasteiger partial charge in [0.1, 0.15) is 11.4 Å². The summed E-state index contributed by atoms with van der Waals surface area (Å²) in [6.45, 7) is 2.46. The number of carboxylic acid groups (broad SMARTS) is 1. The summed E-state index contributed by atoms with van der Waals surface area (Å²) in [6.07, 6.45) is 2.88. The molecule has 0 saturated carbocycles. The Labute approximate surface area is 190 Å². The number of aliphatic carboxylic acids is 1.